The van der Waals surface area contributed by atoms with Crippen molar-refractivity contribution in [2.75, 3.05) is 6.54 Å². The molecule has 0 aliphatic carbocycles. The number of nitrogens with one attached hydrogen (secondary N) is 1. The molecule has 0 saturated carbocycles. The molecule has 0 fully saturated rings. The van der Waals surface area contributed by atoms with Crippen molar-refractivity contribution in [3.63, 3.8) is 0 Å². The Morgan fingerprint density at radius 2 is 1.94 bits per heavy atom. The average Bonchev–Trinajstić information content (AvgIpc) is 2.14. The van der Waals surface area contributed by atoms with Crippen LogP contribution < -0.4 is 11.1 Å². The van der Waals surface area contributed by atoms with Crippen LogP contribution in [-0.4, -0.2) is 23.5 Å². The van der Waals surface area contributed by atoms with Gasteiger partial charge in [0.2, 0.25) is 5.91 Å². The Balaban J connectivity index is 4.36. The number of amides is 1. The van der Waals surface area contributed by atoms with E-state index < -0.39 is 5.92 Å². The van der Waals surface area contributed by atoms with Crippen molar-refractivity contribution < 1.29 is 10.0 Å². The number of rotatable bonds is 5. The first-order valence-electron chi connectivity index (χ1n) is 5.94. The van der Waals surface area contributed by atoms with E-state index in [0.717, 1.165) is 6.42 Å². The van der Waals surface area contributed by atoms with Crippen molar-refractivity contribution in [2.24, 2.45) is 28.1 Å². The molecule has 4 N–H and O–H groups in total. The summed E-state index contributed by atoms with van der Waals surface area (Å²) in [6, 6.07) is 0. The van der Waals surface area contributed by atoms with Crippen LogP contribution in [0.15, 0.2) is 5.16 Å². The maximum atomic E-state index is 11.9. The van der Waals surface area contributed by atoms with Gasteiger partial charge >= 0.3 is 0 Å². The third-order valence-corrected chi connectivity index (χ3v) is 2.56. The Morgan fingerprint density at radius 3 is 2.29 bits per heavy atom. The maximum absolute atomic E-state index is 11.9. The smallest absolute Gasteiger partial charge is 0.231 e. The van der Waals surface area contributed by atoms with Gasteiger partial charge in [0.05, 0.1) is 0 Å². The molecule has 0 rings (SSSR count). The molecule has 1 unspecified atom stereocenters. The zero-order valence-corrected chi connectivity index (χ0v) is 11.4. The van der Waals surface area contributed by atoms with Gasteiger partial charge in [-0.3, -0.25) is 4.79 Å². The van der Waals surface area contributed by atoms with Crippen molar-refractivity contribution in [2.45, 2.75) is 41.0 Å². The Hall–Kier alpha value is -1.26. The fraction of sp³-hybridized carbons (Fsp3) is 0.833. The monoisotopic (exact) mass is 243 g/mol. The fourth-order valence-corrected chi connectivity index (χ4v) is 1.51. The quantitative estimate of drug-likeness (QED) is 0.296. The van der Waals surface area contributed by atoms with Crippen molar-refractivity contribution in [3.05, 3.63) is 0 Å². The van der Waals surface area contributed by atoms with Crippen molar-refractivity contribution in [1.82, 2.24) is 5.32 Å². The predicted octanol–water partition coefficient (Wildman–Crippen LogP) is 1.56. The van der Waals surface area contributed by atoms with Crippen LogP contribution in [0.3, 0.4) is 0 Å². The first-order valence-corrected chi connectivity index (χ1v) is 5.94. The summed E-state index contributed by atoms with van der Waals surface area (Å²) in [4.78, 5) is 11.9. The van der Waals surface area contributed by atoms with Gasteiger partial charge in [-0.05, 0) is 17.8 Å². The van der Waals surface area contributed by atoms with E-state index in [4.69, 9.17) is 10.9 Å². The molecule has 0 aliphatic rings. The highest BCUT2D eigenvalue weighted by Crippen LogP contribution is 2.17. The summed E-state index contributed by atoms with van der Waals surface area (Å²) in [5, 5.41) is 14.4. The lowest BCUT2D eigenvalue weighted by atomic mass is 9.91. The van der Waals surface area contributed by atoms with E-state index in [9.17, 15) is 4.79 Å². The lowest BCUT2D eigenvalue weighted by Crippen LogP contribution is -2.42. The summed E-state index contributed by atoms with van der Waals surface area (Å²) >= 11 is 0. The summed E-state index contributed by atoms with van der Waals surface area (Å²) in [5.41, 5.74) is 5.69. The molecule has 100 valence electrons. The van der Waals surface area contributed by atoms with Crippen molar-refractivity contribution in [1.29, 1.82) is 0 Å². The molecule has 0 radical (unpaired) electrons. The van der Waals surface area contributed by atoms with E-state index in [1.54, 1.807) is 0 Å². The zero-order chi connectivity index (χ0) is 13.6. The molecule has 0 aromatic rings. The van der Waals surface area contributed by atoms with Gasteiger partial charge in [-0.25, -0.2) is 0 Å². The molecule has 17 heavy (non-hydrogen) atoms. The van der Waals surface area contributed by atoms with E-state index in [-0.39, 0.29) is 23.1 Å². The molecule has 0 bridgehead atoms. The highest BCUT2D eigenvalue weighted by molar-refractivity contribution is 6.02. The average molecular weight is 243 g/mol. The van der Waals surface area contributed by atoms with Crippen molar-refractivity contribution >= 4 is 11.7 Å². The van der Waals surface area contributed by atoms with E-state index in [0.29, 0.717) is 6.54 Å². The summed E-state index contributed by atoms with van der Waals surface area (Å²) in [7, 11) is 0. The van der Waals surface area contributed by atoms with Gasteiger partial charge < -0.3 is 16.3 Å². The fourth-order valence-electron chi connectivity index (χ4n) is 1.51. The maximum Gasteiger partial charge on any atom is 0.231 e. The van der Waals surface area contributed by atoms with Crippen LogP contribution in [0, 0.1) is 17.3 Å². The molecular weight excluding hydrogens is 218 g/mol. The number of oxime groups is 1. The van der Waals surface area contributed by atoms with Gasteiger partial charge in [-0.1, -0.05) is 39.8 Å². The molecule has 0 aromatic heterocycles. The number of amidine groups is 1. The first kappa shape index (κ1) is 15.7. The molecule has 0 spiro atoms. The summed E-state index contributed by atoms with van der Waals surface area (Å²) in [6.45, 7) is 10.7. The molecule has 0 aromatic carbocycles. The number of carbonyl (C=O) groups excluding carboxylic acids is 1. The molecule has 5 heteroatoms. The standard InChI is InChI=1S/C12H25N3O2/c1-8(2)9(10(13)15-17)11(16)14-7-6-12(3,4)5/h8-9,17H,6-7H2,1-5H3,(H2,13,15)(H,14,16). The van der Waals surface area contributed by atoms with Gasteiger partial charge in [0.25, 0.3) is 0 Å². The minimum Gasteiger partial charge on any atom is -0.409 e. The number of hydrogen-bond acceptors (Lipinski definition) is 3. The second kappa shape index (κ2) is 6.47. The molecule has 0 saturated heterocycles. The number of carbonyl (C=O) groups is 1. The Morgan fingerprint density at radius 1 is 1.41 bits per heavy atom. The molecule has 0 aliphatic heterocycles. The first-order chi connectivity index (χ1) is 7.69. The van der Waals surface area contributed by atoms with Crippen LogP contribution in [0.4, 0.5) is 0 Å². The van der Waals surface area contributed by atoms with Crippen LogP contribution >= 0.6 is 0 Å². The van der Waals surface area contributed by atoms with Crippen LogP contribution in [0.1, 0.15) is 41.0 Å². The Kier molecular flexibility index (Phi) is 5.99. The van der Waals surface area contributed by atoms with Crippen molar-refractivity contribution in [3.8, 4) is 0 Å². The second-order valence-electron chi connectivity index (χ2n) is 5.85. The lowest BCUT2D eigenvalue weighted by Gasteiger charge is -2.21. The number of nitrogens with zero attached hydrogens (tertiary/aromatic N) is 1. The third kappa shape index (κ3) is 6.14. The molecule has 1 amide bonds. The van der Waals surface area contributed by atoms with Crippen LogP contribution in [0.5, 0.6) is 0 Å². The highest BCUT2D eigenvalue weighted by atomic mass is 16.4. The zero-order valence-electron chi connectivity index (χ0n) is 11.4. The van der Waals surface area contributed by atoms with Gasteiger partial charge in [0, 0.05) is 6.54 Å². The molecule has 0 heterocycles. The van der Waals surface area contributed by atoms with E-state index in [2.05, 4.69) is 31.2 Å². The van der Waals surface area contributed by atoms with E-state index in [1.165, 1.54) is 0 Å². The normalized spacial score (nSPS) is 14.8. The number of nitrogens with two attached hydrogens (primary N) is 1. The minimum atomic E-state index is -0.569. The van der Waals surface area contributed by atoms with Gasteiger partial charge in [0.15, 0.2) is 5.84 Å². The van der Waals surface area contributed by atoms with Crippen LogP contribution in [-0.2, 0) is 4.79 Å². The SMILES string of the molecule is CC(C)C(C(=O)NCCC(C)(C)C)C(N)=NO. The largest absolute Gasteiger partial charge is 0.409 e. The topological polar surface area (TPSA) is 87.7 Å². The van der Waals surface area contributed by atoms with Crippen LogP contribution in [0.2, 0.25) is 0 Å². The molecule has 5 nitrogen and oxygen atoms in total. The summed E-state index contributed by atoms with van der Waals surface area (Å²) in [6.07, 6.45) is 0.889. The van der Waals surface area contributed by atoms with E-state index in [1.807, 2.05) is 13.8 Å². The Labute approximate surface area is 103 Å². The van der Waals surface area contributed by atoms with E-state index >= 15 is 0 Å². The minimum absolute atomic E-state index is 0.000497. The number of hydrogen-bond donors (Lipinski definition) is 3. The summed E-state index contributed by atoms with van der Waals surface area (Å²) in [5.74, 6) is -0.784. The summed E-state index contributed by atoms with van der Waals surface area (Å²) < 4.78 is 0. The lowest BCUT2D eigenvalue weighted by molar-refractivity contribution is -0.124. The Bertz CT molecular complexity index is 280. The molecule has 1 atom stereocenters. The predicted molar refractivity (Wildman–Crippen MR) is 68.8 cm³/mol. The second-order valence-corrected chi connectivity index (χ2v) is 5.85. The van der Waals surface area contributed by atoms with Gasteiger partial charge in [-0.2, -0.15) is 0 Å². The highest BCUT2D eigenvalue weighted by Gasteiger charge is 2.26. The third-order valence-electron chi connectivity index (χ3n) is 2.56. The van der Waals surface area contributed by atoms with Crippen LogP contribution in [0.25, 0.3) is 0 Å². The van der Waals surface area contributed by atoms with Gasteiger partial charge in [-0.15, -0.1) is 0 Å². The molecular formula is C12H25N3O2. The van der Waals surface area contributed by atoms with Gasteiger partial charge in [0.1, 0.15) is 5.92 Å².